The van der Waals surface area contributed by atoms with Gasteiger partial charge in [-0.15, -0.1) is 11.8 Å². The highest BCUT2D eigenvalue weighted by Crippen LogP contribution is 2.24. The number of aryl methyl sites for hydroxylation is 1. The molecule has 18 heavy (non-hydrogen) atoms. The van der Waals surface area contributed by atoms with E-state index in [0.29, 0.717) is 19.8 Å². The Hall–Kier alpha value is -0.160. The molecule has 0 fully saturated rings. The summed E-state index contributed by atoms with van der Waals surface area (Å²) in [6, 6.07) is 6.42. The van der Waals surface area contributed by atoms with Crippen molar-refractivity contribution >= 4 is 24.4 Å². The number of thioether (sulfide) groups is 1. The first kappa shape index (κ1) is 15.9. The molecule has 0 bridgehead atoms. The molecule has 0 heterocycles. The predicted molar refractivity (Wildman–Crippen MR) is 82.1 cm³/mol. The summed E-state index contributed by atoms with van der Waals surface area (Å²) in [6.45, 7) is 7.11. The second kappa shape index (κ2) is 9.73. The average molecular weight is 286 g/mol. The molecular formula is C14H22O2S2. The number of hydrogen-bond acceptors (Lipinski definition) is 4. The summed E-state index contributed by atoms with van der Waals surface area (Å²) in [5.41, 5.74) is 2.72. The van der Waals surface area contributed by atoms with Crippen molar-refractivity contribution in [2.24, 2.45) is 0 Å². The highest BCUT2D eigenvalue weighted by atomic mass is 32.2. The third-order valence-electron chi connectivity index (χ3n) is 2.65. The van der Waals surface area contributed by atoms with Gasteiger partial charge in [-0.05, 0) is 31.0 Å². The fourth-order valence-corrected chi connectivity index (χ4v) is 2.58. The van der Waals surface area contributed by atoms with Gasteiger partial charge in [0.2, 0.25) is 0 Å². The third kappa shape index (κ3) is 6.14. The monoisotopic (exact) mass is 286 g/mol. The van der Waals surface area contributed by atoms with Gasteiger partial charge in [0.25, 0.3) is 0 Å². The van der Waals surface area contributed by atoms with Crippen molar-refractivity contribution < 1.29 is 9.47 Å². The molecule has 0 amide bonds. The summed E-state index contributed by atoms with van der Waals surface area (Å²) in [7, 11) is 0. The van der Waals surface area contributed by atoms with E-state index in [1.807, 2.05) is 11.8 Å². The highest BCUT2D eigenvalue weighted by molar-refractivity contribution is 7.99. The highest BCUT2D eigenvalue weighted by Gasteiger charge is 2.00. The molecule has 0 saturated carbocycles. The number of benzene rings is 1. The third-order valence-corrected chi connectivity index (χ3v) is 3.95. The lowest BCUT2D eigenvalue weighted by atomic mass is 10.1. The number of hydrogen-bond donors (Lipinski definition) is 1. The zero-order valence-corrected chi connectivity index (χ0v) is 12.9. The molecule has 0 aliphatic carbocycles. The molecule has 2 nitrogen and oxygen atoms in total. The molecule has 1 aromatic rings. The lowest BCUT2D eigenvalue weighted by Gasteiger charge is -2.08. The van der Waals surface area contributed by atoms with Crippen molar-refractivity contribution in [3.8, 4) is 0 Å². The van der Waals surface area contributed by atoms with E-state index in [2.05, 4.69) is 44.7 Å². The summed E-state index contributed by atoms with van der Waals surface area (Å²) >= 11 is 5.92. The van der Waals surface area contributed by atoms with Gasteiger partial charge in [0, 0.05) is 16.4 Å². The van der Waals surface area contributed by atoms with E-state index in [-0.39, 0.29) is 0 Å². The van der Waals surface area contributed by atoms with E-state index in [0.717, 1.165) is 18.1 Å². The summed E-state index contributed by atoms with van der Waals surface area (Å²) < 4.78 is 10.8. The van der Waals surface area contributed by atoms with Gasteiger partial charge in [-0.3, -0.25) is 0 Å². The predicted octanol–water partition coefficient (Wildman–Crippen LogP) is 3.36. The second-order valence-corrected chi connectivity index (χ2v) is 5.58. The van der Waals surface area contributed by atoms with Gasteiger partial charge in [0.05, 0.1) is 26.4 Å². The van der Waals surface area contributed by atoms with E-state index >= 15 is 0 Å². The van der Waals surface area contributed by atoms with Gasteiger partial charge in [0.1, 0.15) is 0 Å². The lowest BCUT2D eigenvalue weighted by molar-refractivity contribution is 0.0606. The maximum atomic E-state index is 5.50. The van der Waals surface area contributed by atoms with Crippen molar-refractivity contribution in [2.45, 2.75) is 18.7 Å². The minimum absolute atomic E-state index is 0.661. The Morgan fingerprint density at radius 2 is 1.78 bits per heavy atom. The quantitative estimate of drug-likeness (QED) is 0.426. The fourth-order valence-electron chi connectivity index (χ4n) is 1.48. The Morgan fingerprint density at radius 3 is 2.50 bits per heavy atom. The molecule has 0 aliphatic rings. The van der Waals surface area contributed by atoms with Crippen LogP contribution in [-0.4, -0.2) is 37.9 Å². The van der Waals surface area contributed by atoms with Crippen molar-refractivity contribution in [2.75, 3.05) is 37.9 Å². The van der Waals surface area contributed by atoms with Gasteiger partial charge in [-0.1, -0.05) is 12.1 Å². The molecule has 0 aromatic heterocycles. The Bertz CT molecular complexity index is 343. The minimum Gasteiger partial charge on any atom is -0.378 e. The molecule has 0 radical (unpaired) electrons. The molecule has 0 N–H and O–H groups in total. The van der Waals surface area contributed by atoms with E-state index in [4.69, 9.17) is 9.47 Å². The number of ether oxygens (including phenoxy) is 2. The van der Waals surface area contributed by atoms with Crippen LogP contribution in [0, 0.1) is 13.8 Å². The summed E-state index contributed by atoms with van der Waals surface area (Å²) in [6.07, 6.45) is 0. The summed E-state index contributed by atoms with van der Waals surface area (Å²) in [5.74, 6) is 1.75. The molecule has 102 valence electrons. The van der Waals surface area contributed by atoms with Crippen molar-refractivity contribution in [3.63, 3.8) is 0 Å². The number of rotatable bonds is 9. The van der Waals surface area contributed by atoms with Gasteiger partial charge in [-0.2, -0.15) is 12.6 Å². The molecule has 4 heteroatoms. The Kier molecular flexibility index (Phi) is 8.59. The Labute approximate surface area is 120 Å². The van der Waals surface area contributed by atoms with Crippen LogP contribution in [0.2, 0.25) is 0 Å². The lowest BCUT2D eigenvalue weighted by Crippen LogP contribution is -2.07. The standard InChI is InChI=1S/C14H22O2S2/c1-12-4-3-5-14(13(12)2)18-11-9-16-7-6-15-8-10-17/h3-5,17H,6-11H2,1-2H3. The number of thiol groups is 1. The maximum absolute atomic E-state index is 5.50. The first-order valence-corrected chi connectivity index (χ1v) is 7.83. The normalized spacial score (nSPS) is 10.8. The molecule has 0 unspecified atom stereocenters. The maximum Gasteiger partial charge on any atom is 0.0700 e. The van der Waals surface area contributed by atoms with Crippen LogP contribution in [-0.2, 0) is 9.47 Å². The largest absolute Gasteiger partial charge is 0.378 e. The van der Waals surface area contributed by atoms with Crippen LogP contribution in [0.25, 0.3) is 0 Å². The fraction of sp³-hybridized carbons (Fsp3) is 0.571. The van der Waals surface area contributed by atoms with Crippen molar-refractivity contribution in [3.05, 3.63) is 29.3 Å². The molecule has 1 rings (SSSR count). The molecule has 0 aliphatic heterocycles. The molecular weight excluding hydrogens is 264 g/mol. The molecule has 0 saturated heterocycles. The molecule has 0 spiro atoms. The van der Waals surface area contributed by atoms with Crippen molar-refractivity contribution in [1.82, 2.24) is 0 Å². The Balaban J connectivity index is 2.09. The zero-order chi connectivity index (χ0) is 13.2. The van der Waals surface area contributed by atoms with Crippen molar-refractivity contribution in [1.29, 1.82) is 0 Å². The van der Waals surface area contributed by atoms with E-state index in [1.54, 1.807) is 0 Å². The van der Waals surface area contributed by atoms with Gasteiger partial charge < -0.3 is 9.47 Å². The first-order valence-electron chi connectivity index (χ1n) is 6.21. The van der Waals surface area contributed by atoms with Gasteiger partial charge in [0.15, 0.2) is 0 Å². The van der Waals surface area contributed by atoms with Crippen LogP contribution in [0.1, 0.15) is 11.1 Å². The van der Waals surface area contributed by atoms with Gasteiger partial charge >= 0.3 is 0 Å². The molecule has 1 aromatic carbocycles. The summed E-state index contributed by atoms with van der Waals surface area (Å²) in [5, 5.41) is 0. The van der Waals surface area contributed by atoms with E-state index < -0.39 is 0 Å². The minimum atomic E-state index is 0.661. The van der Waals surface area contributed by atoms with Gasteiger partial charge in [-0.25, -0.2) is 0 Å². The zero-order valence-electron chi connectivity index (χ0n) is 11.1. The second-order valence-electron chi connectivity index (χ2n) is 3.99. The van der Waals surface area contributed by atoms with Crippen LogP contribution >= 0.6 is 24.4 Å². The van der Waals surface area contributed by atoms with Crippen LogP contribution < -0.4 is 0 Å². The Morgan fingerprint density at radius 1 is 1.06 bits per heavy atom. The van der Waals surface area contributed by atoms with E-state index in [1.165, 1.54) is 16.0 Å². The van der Waals surface area contributed by atoms with Crippen LogP contribution in [0.3, 0.4) is 0 Å². The van der Waals surface area contributed by atoms with E-state index in [9.17, 15) is 0 Å². The van der Waals surface area contributed by atoms with Crippen LogP contribution in [0.4, 0.5) is 0 Å². The van der Waals surface area contributed by atoms with Crippen LogP contribution in [0.5, 0.6) is 0 Å². The summed E-state index contributed by atoms with van der Waals surface area (Å²) in [4.78, 5) is 1.35. The van der Waals surface area contributed by atoms with Crippen LogP contribution in [0.15, 0.2) is 23.1 Å². The topological polar surface area (TPSA) is 18.5 Å². The first-order chi connectivity index (χ1) is 8.75. The average Bonchev–Trinajstić information content (AvgIpc) is 2.37. The molecule has 0 atom stereocenters. The smallest absolute Gasteiger partial charge is 0.0700 e. The SMILES string of the molecule is Cc1cccc(SCCOCCOCCS)c1C.